The van der Waals surface area contributed by atoms with Gasteiger partial charge in [-0.05, 0) is 72.6 Å². The number of amides is 2. The number of nitrogens with zero attached hydrogens (tertiary/aromatic N) is 2. The molecule has 0 bridgehead atoms. The highest BCUT2D eigenvalue weighted by Gasteiger charge is 2.40. The van der Waals surface area contributed by atoms with Crippen LogP contribution in [0.5, 0.6) is 0 Å². The summed E-state index contributed by atoms with van der Waals surface area (Å²) in [6.07, 6.45) is 0.357. The van der Waals surface area contributed by atoms with Crippen molar-refractivity contribution in [1.82, 2.24) is 0 Å². The molecule has 9 heteroatoms. The molecule has 4 rings (SSSR count). The Bertz CT molecular complexity index is 1320. The first-order valence-electron chi connectivity index (χ1n) is 10.1. The summed E-state index contributed by atoms with van der Waals surface area (Å²) in [5, 5.41) is 13.1. The van der Waals surface area contributed by atoms with Gasteiger partial charge in [-0.2, -0.15) is 5.26 Å². The molecule has 34 heavy (non-hydrogen) atoms. The third-order valence-electron chi connectivity index (χ3n) is 5.00. The van der Waals surface area contributed by atoms with Crippen LogP contribution in [0.3, 0.4) is 0 Å². The minimum absolute atomic E-state index is 0.210. The summed E-state index contributed by atoms with van der Waals surface area (Å²) in [6, 6.07) is 20.8. The molecular weight excluding hydrogens is 496 g/mol. The Morgan fingerprint density at radius 2 is 1.76 bits per heavy atom. The van der Waals surface area contributed by atoms with Crippen molar-refractivity contribution in [3.05, 3.63) is 105 Å². The monoisotopic (exact) mass is 511 g/mol. The summed E-state index contributed by atoms with van der Waals surface area (Å²) in [5.74, 6) is -1.43. The molecule has 1 heterocycles. The molecule has 170 valence electrons. The first-order chi connectivity index (χ1) is 16.4. The van der Waals surface area contributed by atoms with Gasteiger partial charge in [0.15, 0.2) is 0 Å². The van der Waals surface area contributed by atoms with Crippen molar-refractivity contribution < 1.29 is 14.0 Å². The van der Waals surface area contributed by atoms with Crippen LogP contribution in [0.25, 0.3) is 0 Å². The summed E-state index contributed by atoms with van der Waals surface area (Å²) < 4.78 is 13.2. The van der Waals surface area contributed by atoms with Crippen molar-refractivity contribution >= 4 is 58.2 Å². The number of anilines is 2. The molecule has 1 aliphatic heterocycles. The Labute approximate surface area is 209 Å². The number of hydrogen-bond acceptors (Lipinski definition) is 4. The number of rotatable bonds is 5. The maximum absolute atomic E-state index is 13.5. The molecule has 1 saturated heterocycles. The predicted molar refractivity (Wildman–Crippen MR) is 133 cm³/mol. The standard InChI is InChI=1S/C25H16Cl2FN3O2S/c26-16-4-10-20(11-5-16)31-24(33)22(13-15-2-1-3-17(27)12-15)34-25(31)21(14-29)23(32)30-19-8-6-18(28)7-9-19/h1-12,22H,13H2,(H,30,32)/b25-21+/t22-/m1/s1. The van der Waals surface area contributed by atoms with E-state index < -0.39 is 17.0 Å². The maximum atomic E-state index is 13.5. The lowest BCUT2D eigenvalue weighted by Gasteiger charge is -2.19. The van der Waals surface area contributed by atoms with Gasteiger partial charge in [-0.3, -0.25) is 14.5 Å². The molecule has 0 aromatic heterocycles. The number of carbonyl (C=O) groups is 2. The third-order valence-corrected chi connectivity index (χ3v) is 6.75. The van der Waals surface area contributed by atoms with Crippen molar-refractivity contribution in [2.45, 2.75) is 11.7 Å². The second kappa shape index (κ2) is 10.3. The van der Waals surface area contributed by atoms with E-state index in [-0.39, 0.29) is 16.5 Å². The van der Waals surface area contributed by atoms with Gasteiger partial charge >= 0.3 is 0 Å². The zero-order valence-electron chi connectivity index (χ0n) is 17.5. The summed E-state index contributed by atoms with van der Waals surface area (Å²) in [4.78, 5) is 27.8. The van der Waals surface area contributed by atoms with Crippen molar-refractivity contribution in [3.8, 4) is 6.07 Å². The Morgan fingerprint density at radius 1 is 1.06 bits per heavy atom. The minimum Gasteiger partial charge on any atom is -0.321 e. The number of halogens is 3. The van der Waals surface area contributed by atoms with E-state index in [0.29, 0.717) is 27.8 Å². The van der Waals surface area contributed by atoms with E-state index in [4.69, 9.17) is 23.2 Å². The fourth-order valence-electron chi connectivity index (χ4n) is 3.42. The van der Waals surface area contributed by atoms with Gasteiger partial charge in [-0.15, -0.1) is 0 Å². The molecule has 3 aromatic rings. The number of benzene rings is 3. The Kier molecular flexibility index (Phi) is 7.23. The number of nitrogens with one attached hydrogen (secondary N) is 1. The van der Waals surface area contributed by atoms with Gasteiger partial charge in [0, 0.05) is 21.4 Å². The second-order valence-electron chi connectivity index (χ2n) is 7.34. The molecule has 1 atom stereocenters. The molecule has 0 radical (unpaired) electrons. The Hall–Kier alpha value is -3.31. The SMILES string of the molecule is N#C/C(C(=O)Nc1ccc(F)cc1)=C1\S[C@H](Cc2cccc(Cl)c2)C(=O)N1c1ccc(Cl)cc1. The van der Waals surface area contributed by atoms with E-state index in [1.165, 1.54) is 29.2 Å². The van der Waals surface area contributed by atoms with Crippen LogP contribution < -0.4 is 10.2 Å². The Morgan fingerprint density at radius 3 is 2.41 bits per heavy atom. The number of nitriles is 1. The quantitative estimate of drug-likeness (QED) is 0.327. The van der Waals surface area contributed by atoms with Crippen molar-refractivity contribution in [1.29, 1.82) is 5.26 Å². The third kappa shape index (κ3) is 5.26. The van der Waals surface area contributed by atoms with Gasteiger partial charge in [0.2, 0.25) is 5.91 Å². The summed E-state index contributed by atoms with van der Waals surface area (Å²) in [5.41, 5.74) is 1.42. The van der Waals surface area contributed by atoms with Crippen LogP contribution >= 0.6 is 35.0 Å². The summed E-state index contributed by atoms with van der Waals surface area (Å²) in [6.45, 7) is 0. The van der Waals surface area contributed by atoms with Gasteiger partial charge < -0.3 is 5.32 Å². The van der Waals surface area contributed by atoms with Crippen molar-refractivity contribution in [2.24, 2.45) is 0 Å². The highest BCUT2D eigenvalue weighted by Crippen LogP contribution is 2.42. The molecule has 1 N–H and O–H groups in total. The van der Waals surface area contributed by atoms with Crippen LogP contribution in [0.4, 0.5) is 15.8 Å². The van der Waals surface area contributed by atoms with E-state index in [0.717, 1.165) is 17.3 Å². The highest BCUT2D eigenvalue weighted by molar-refractivity contribution is 8.05. The van der Waals surface area contributed by atoms with E-state index in [1.807, 2.05) is 12.1 Å². The lowest BCUT2D eigenvalue weighted by Crippen LogP contribution is -2.30. The van der Waals surface area contributed by atoms with E-state index >= 15 is 0 Å². The average Bonchev–Trinajstić information content (AvgIpc) is 3.12. The molecule has 1 fully saturated rings. The molecule has 0 unspecified atom stereocenters. The zero-order valence-corrected chi connectivity index (χ0v) is 19.8. The van der Waals surface area contributed by atoms with Crippen LogP contribution in [-0.2, 0) is 16.0 Å². The molecular formula is C25H16Cl2FN3O2S. The molecule has 0 saturated carbocycles. The average molecular weight is 512 g/mol. The maximum Gasteiger partial charge on any atom is 0.269 e. The largest absolute Gasteiger partial charge is 0.321 e. The summed E-state index contributed by atoms with van der Waals surface area (Å²) in [7, 11) is 0. The first kappa shape index (κ1) is 23.8. The van der Waals surface area contributed by atoms with Crippen LogP contribution in [-0.4, -0.2) is 17.1 Å². The number of thioether (sulfide) groups is 1. The minimum atomic E-state index is -0.702. The summed E-state index contributed by atoms with van der Waals surface area (Å²) >= 11 is 13.2. The normalized spacial score (nSPS) is 16.8. The number of carbonyl (C=O) groups excluding carboxylic acids is 2. The van der Waals surface area contributed by atoms with Crippen molar-refractivity contribution in [3.63, 3.8) is 0 Å². The smallest absolute Gasteiger partial charge is 0.269 e. The van der Waals surface area contributed by atoms with Gasteiger partial charge in [-0.25, -0.2) is 4.39 Å². The van der Waals surface area contributed by atoms with Crippen LogP contribution in [0.15, 0.2) is 83.4 Å². The van der Waals surface area contributed by atoms with Gasteiger partial charge in [-0.1, -0.05) is 47.1 Å². The van der Waals surface area contributed by atoms with Gasteiger partial charge in [0.25, 0.3) is 5.91 Å². The molecule has 1 aliphatic rings. The zero-order chi connectivity index (χ0) is 24.2. The highest BCUT2D eigenvalue weighted by atomic mass is 35.5. The van der Waals surface area contributed by atoms with E-state index in [1.54, 1.807) is 42.5 Å². The topological polar surface area (TPSA) is 73.2 Å². The van der Waals surface area contributed by atoms with E-state index in [2.05, 4.69) is 5.32 Å². The fraction of sp³-hybridized carbons (Fsp3) is 0.0800. The molecule has 3 aromatic carbocycles. The fourth-order valence-corrected chi connectivity index (χ4v) is 5.06. The van der Waals surface area contributed by atoms with Crippen LogP contribution in [0.2, 0.25) is 10.0 Å². The molecule has 5 nitrogen and oxygen atoms in total. The lowest BCUT2D eigenvalue weighted by molar-refractivity contribution is -0.117. The van der Waals surface area contributed by atoms with Crippen molar-refractivity contribution in [2.75, 3.05) is 10.2 Å². The first-order valence-corrected chi connectivity index (χ1v) is 11.7. The molecule has 2 amide bonds. The molecule has 0 aliphatic carbocycles. The number of hydrogen-bond donors (Lipinski definition) is 1. The van der Waals surface area contributed by atoms with Gasteiger partial charge in [0.05, 0.1) is 5.25 Å². The van der Waals surface area contributed by atoms with Crippen LogP contribution in [0.1, 0.15) is 5.56 Å². The Balaban J connectivity index is 1.72. The lowest BCUT2D eigenvalue weighted by atomic mass is 10.1. The molecule has 0 spiro atoms. The second-order valence-corrected chi connectivity index (χ2v) is 9.41. The van der Waals surface area contributed by atoms with E-state index in [9.17, 15) is 19.2 Å². The van der Waals surface area contributed by atoms with Crippen LogP contribution in [0, 0.1) is 17.1 Å². The van der Waals surface area contributed by atoms with Gasteiger partial charge in [0.1, 0.15) is 22.5 Å². The predicted octanol–water partition coefficient (Wildman–Crippen LogP) is 6.20.